The molecule has 0 bridgehead atoms. The van der Waals surface area contributed by atoms with Crippen LogP contribution in [0.2, 0.25) is 0 Å². The Morgan fingerprint density at radius 2 is 1.35 bits per heavy atom. The minimum absolute atomic E-state index is 0.0751. The molecular weight excluding hydrogens is 709 g/mol. The van der Waals surface area contributed by atoms with Gasteiger partial charge in [0.15, 0.2) is 5.71 Å². The maximum atomic E-state index is 11.9. The van der Waals surface area contributed by atoms with Gasteiger partial charge >= 0.3 is 11.9 Å². The molecule has 2 aliphatic rings. The number of carboxylic acid groups (broad SMARTS) is 2. The molecule has 4 rings (SSSR count). The second-order valence-electron chi connectivity index (χ2n) is 14.4. The molecule has 0 atom stereocenters. The van der Waals surface area contributed by atoms with E-state index >= 15 is 0 Å². The summed E-state index contributed by atoms with van der Waals surface area (Å²) < 4.78 is 73.5. The van der Waals surface area contributed by atoms with E-state index in [0.29, 0.717) is 62.7 Å². The quantitative estimate of drug-likeness (QED) is 0.0791. The number of aliphatic carboxylic acids is 2. The third kappa shape index (κ3) is 9.27. The van der Waals surface area contributed by atoms with Gasteiger partial charge in [-0.05, 0) is 88.4 Å². The standard InChI is InChI=1S/C38H48N2O10S2/c1-26(14-20-33-37(2,3)29-24-27(51(45,46)47)16-18-31(29)39(33)22-10-6-8-12-35(41)42)15-21-34-38(4,5)30-25-28(52(48,49)50)17-19-32(30)40(34)23-11-7-9-13-36(43)44/h14-21,24-25H,6-13,22-23H2,1-5H3,(H3-,41,42,43,44,45,46,47,48,49,50)/p-1. The first-order valence-electron chi connectivity index (χ1n) is 17.3. The van der Waals surface area contributed by atoms with Crippen molar-refractivity contribution in [3.8, 4) is 0 Å². The fourth-order valence-corrected chi connectivity index (χ4v) is 8.02. The van der Waals surface area contributed by atoms with Crippen LogP contribution in [0.1, 0.15) is 97.1 Å². The van der Waals surface area contributed by atoms with E-state index in [0.717, 1.165) is 28.4 Å². The van der Waals surface area contributed by atoms with Gasteiger partial charge in [-0.3, -0.25) is 9.59 Å². The number of allylic oxidation sites excluding steroid dienone is 6. The minimum Gasteiger partial charge on any atom is -0.744 e. The zero-order valence-electron chi connectivity index (χ0n) is 30.2. The Kier molecular flexibility index (Phi) is 12.4. The molecule has 2 aliphatic heterocycles. The van der Waals surface area contributed by atoms with Crippen molar-refractivity contribution in [2.24, 2.45) is 0 Å². The fraction of sp³-hybridized carbons (Fsp3) is 0.447. The first-order chi connectivity index (χ1) is 24.2. The van der Waals surface area contributed by atoms with E-state index in [9.17, 15) is 35.5 Å². The van der Waals surface area contributed by atoms with E-state index in [4.69, 9.17) is 10.2 Å². The molecule has 52 heavy (non-hydrogen) atoms. The lowest BCUT2D eigenvalue weighted by Crippen LogP contribution is -2.28. The van der Waals surface area contributed by atoms with Crippen molar-refractivity contribution >= 4 is 49.3 Å². The fourth-order valence-electron chi connectivity index (χ4n) is 7.02. The van der Waals surface area contributed by atoms with E-state index in [1.165, 1.54) is 24.3 Å². The van der Waals surface area contributed by atoms with Crippen LogP contribution in [0, 0.1) is 0 Å². The van der Waals surface area contributed by atoms with Gasteiger partial charge in [-0.15, -0.1) is 0 Å². The highest BCUT2D eigenvalue weighted by molar-refractivity contribution is 7.86. The molecule has 0 spiro atoms. The lowest BCUT2D eigenvalue weighted by molar-refractivity contribution is -0.438. The lowest BCUT2D eigenvalue weighted by Gasteiger charge is -2.27. The summed E-state index contributed by atoms with van der Waals surface area (Å²) in [5, 5.41) is 18.1. The van der Waals surface area contributed by atoms with Gasteiger partial charge in [0.1, 0.15) is 26.8 Å². The van der Waals surface area contributed by atoms with Crippen LogP contribution in [0.15, 0.2) is 81.8 Å². The predicted molar refractivity (Wildman–Crippen MR) is 195 cm³/mol. The molecule has 2 aromatic carbocycles. The molecule has 0 amide bonds. The van der Waals surface area contributed by atoms with Crippen molar-refractivity contribution in [1.82, 2.24) is 0 Å². The molecule has 0 saturated heterocycles. The molecule has 0 aromatic heterocycles. The van der Waals surface area contributed by atoms with Gasteiger partial charge in [0.25, 0.3) is 0 Å². The van der Waals surface area contributed by atoms with E-state index in [1.807, 2.05) is 58.9 Å². The van der Waals surface area contributed by atoms with Crippen molar-refractivity contribution in [3.63, 3.8) is 0 Å². The average molecular weight is 756 g/mol. The zero-order valence-corrected chi connectivity index (χ0v) is 31.8. The number of hydrogen-bond acceptors (Lipinski definition) is 9. The predicted octanol–water partition coefficient (Wildman–Crippen LogP) is 6.35. The van der Waals surface area contributed by atoms with E-state index in [-0.39, 0.29) is 22.6 Å². The molecule has 12 nitrogen and oxygen atoms in total. The molecule has 2 heterocycles. The van der Waals surface area contributed by atoms with Crippen LogP contribution >= 0.6 is 0 Å². The number of hydrogen-bond donors (Lipinski definition) is 2. The van der Waals surface area contributed by atoms with E-state index in [2.05, 4.69) is 9.48 Å². The third-order valence-electron chi connectivity index (χ3n) is 9.86. The highest BCUT2D eigenvalue weighted by Crippen LogP contribution is 2.49. The first kappa shape index (κ1) is 40.7. The molecule has 2 N–H and O–H groups in total. The van der Waals surface area contributed by atoms with Crippen molar-refractivity contribution in [1.29, 1.82) is 0 Å². The summed E-state index contributed by atoms with van der Waals surface area (Å²) in [5.74, 6) is -1.70. The molecule has 282 valence electrons. The number of unbranched alkanes of at least 4 members (excludes halogenated alkanes) is 4. The second-order valence-corrected chi connectivity index (χ2v) is 17.2. The van der Waals surface area contributed by atoms with Crippen LogP contribution < -0.4 is 4.90 Å². The third-order valence-corrected chi connectivity index (χ3v) is 11.5. The monoisotopic (exact) mass is 755 g/mol. The van der Waals surface area contributed by atoms with Crippen molar-refractivity contribution < 1.29 is 50.3 Å². The SMILES string of the molecule is CC(C=CC1=[N+](CCCCCC(=O)O)c2ccc(S(=O)(=O)[O-])cc2C1(C)C)=CC=C1N(CCCCCC(=O)O)c2ccc(S(=O)(=O)[O-])cc2C1(C)C. The smallest absolute Gasteiger partial charge is 0.303 e. The lowest BCUT2D eigenvalue weighted by atomic mass is 9.81. The molecule has 0 radical (unpaired) electrons. The molecule has 2 aromatic rings. The van der Waals surface area contributed by atoms with E-state index < -0.39 is 43.0 Å². The molecule has 0 saturated carbocycles. The van der Waals surface area contributed by atoms with Crippen LogP contribution in [0.4, 0.5) is 11.4 Å². The maximum Gasteiger partial charge on any atom is 0.303 e. The highest BCUT2D eigenvalue weighted by Gasteiger charge is 2.44. The second kappa shape index (κ2) is 15.9. The Morgan fingerprint density at radius 1 is 0.788 bits per heavy atom. The van der Waals surface area contributed by atoms with Gasteiger partial charge in [0, 0.05) is 60.3 Å². The van der Waals surface area contributed by atoms with Gasteiger partial charge in [0.05, 0.1) is 15.2 Å². The Bertz CT molecular complexity index is 2070. The van der Waals surface area contributed by atoms with Crippen LogP contribution in [0.3, 0.4) is 0 Å². The minimum atomic E-state index is -4.68. The Labute approximate surface area is 306 Å². The topological polar surface area (TPSA) is 195 Å². The molecule has 0 aliphatic carbocycles. The number of anilines is 1. The largest absolute Gasteiger partial charge is 0.744 e. The summed E-state index contributed by atoms with van der Waals surface area (Å²) in [6.45, 7) is 10.9. The Morgan fingerprint density at radius 3 is 1.92 bits per heavy atom. The summed E-state index contributed by atoms with van der Waals surface area (Å²) in [6.07, 6.45) is 11.8. The normalized spacial score (nSPS) is 17.6. The number of benzene rings is 2. The summed E-state index contributed by atoms with van der Waals surface area (Å²) in [5.41, 5.74) is 4.24. The average Bonchev–Trinajstić information content (AvgIpc) is 3.38. The van der Waals surface area contributed by atoms with Crippen molar-refractivity contribution in [3.05, 3.63) is 83.1 Å². The highest BCUT2D eigenvalue weighted by atomic mass is 32.2. The molecule has 0 unspecified atom stereocenters. The molecule has 14 heteroatoms. The van der Waals surface area contributed by atoms with Crippen LogP contribution in [0.5, 0.6) is 0 Å². The van der Waals surface area contributed by atoms with Crippen LogP contribution in [0.25, 0.3) is 0 Å². The van der Waals surface area contributed by atoms with Gasteiger partial charge in [-0.2, -0.15) is 4.58 Å². The van der Waals surface area contributed by atoms with Gasteiger partial charge in [-0.1, -0.05) is 38.0 Å². The summed E-state index contributed by atoms with van der Waals surface area (Å²) >= 11 is 0. The first-order valence-corrected chi connectivity index (χ1v) is 20.1. The number of carbonyl (C=O) groups is 2. The van der Waals surface area contributed by atoms with Crippen LogP contribution in [-0.2, 0) is 40.7 Å². The maximum absolute atomic E-state index is 11.9. The van der Waals surface area contributed by atoms with E-state index in [1.54, 1.807) is 12.1 Å². The number of fused-ring (bicyclic) bond motifs is 2. The van der Waals surface area contributed by atoms with Crippen molar-refractivity contribution in [2.75, 3.05) is 18.0 Å². The number of rotatable bonds is 17. The van der Waals surface area contributed by atoms with Gasteiger partial charge in [-0.25, -0.2) is 16.8 Å². The number of carboxylic acids is 2. The van der Waals surface area contributed by atoms with Gasteiger partial charge < -0.3 is 24.2 Å². The molecule has 0 fully saturated rings. The zero-order chi connectivity index (χ0) is 38.6. The van der Waals surface area contributed by atoms with Crippen LogP contribution in [-0.4, -0.2) is 71.5 Å². The Hall–Kier alpha value is -4.11. The van der Waals surface area contributed by atoms with Crippen molar-refractivity contribution in [2.45, 2.75) is 107 Å². The summed E-state index contributed by atoms with van der Waals surface area (Å²) in [6, 6.07) is 8.78. The number of nitrogens with zero attached hydrogens (tertiary/aromatic N) is 2. The van der Waals surface area contributed by atoms with Gasteiger partial charge in [0.2, 0.25) is 5.69 Å². The summed E-state index contributed by atoms with van der Waals surface area (Å²) in [7, 11) is -9.36. The Balaban J connectivity index is 1.69. The summed E-state index contributed by atoms with van der Waals surface area (Å²) in [4.78, 5) is 23.5. The molecular formula is C38H47N2O10S2-.